The van der Waals surface area contributed by atoms with Crippen molar-refractivity contribution in [1.29, 1.82) is 0 Å². The number of hydrogen-bond acceptors (Lipinski definition) is 3. The van der Waals surface area contributed by atoms with Gasteiger partial charge >= 0.3 is 0 Å². The summed E-state index contributed by atoms with van der Waals surface area (Å²) in [5.74, 6) is 0.156. The summed E-state index contributed by atoms with van der Waals surface area (Å²) in [5, 5.41) is 0. The van der Waals surface area contributed by atoms with Crippen LogP contribution in [0, 0.1) is 6.92 Å². The molecule has 1 aromatic heterocycles. The van der Waals surface area contributed by atoms with E-state index >= 15 is 0 Å². The highest BCUT2D eigenvalue weighted by atomic mass is 79.9. The van der Waals surface area contributed by atoms with Gasteiger partial charge in [-0.05, 0) is 47.3 Å². The van der Waals surface area contributed by atoms with Gasteiger partial charge in [-0.15, -0.1) is 11.3 Å². The third-order valence-electron chi connectivity index (χ3n) is 3.40. The van der Waals surface area contributed by atoms with Crippen molar-refractivity contribution in [2.24, 2.45) is 0 Å². The van der Waals surface area contributed by atoms with Gasteiger partial charge in [-0.1, -0.05) is 0 Å². The van der Waals surface area contributed by atoms with Crippen LogP contribution in [-0.2, 0) is 4.74 Å². The number of aryl methyl sites for hydroxylation is 1. The van der Waals surface area contributed by atoms with Crippen LogP contribution in [-0.4, -0.2) is 36.1 Å². The van der Waals surface area contributed by atoms with Gasteiger partial charge in [0.2, 0.25) is 0 Å². The van der Waals surface area contributed by atoms with Gasteiger partial charge < -0.3 is 9.64 Å². The molecular weight excluding hydrogens is 302 g/mol. The van der Waals surface area contributed by atoms with Gasteiger partial charge in [0.25, 0.3) is 5.91 Å². The topological polar surface area (TPSA) is 29.5 Å². The van der Waals surface area contributed by atoms with E-state index < -0.39 is 0 Å². The summed E-state index contributed by atoms with van der Waals surface area (Å²) >= 11 is 4.99. The van der Waals surface area contributed by atoms with Crippen molar-refractivity contribution in [2.45, 2.75) is 32.0 Å². The molecule has 2 atom stereocenters. The Morgan fingerprint density at radius 1 is 1.47 bits per heavy atom. The van der Waals surface area contributed by atoms with Gasteiger partial charge in [-0.2, -0.15) is 0 Å². The van der Waals surface area contributed by atoms with Crippen LogP contribution in [0.5, 0.6) is 0 Å². The molecule has 0 aliphatic carbocycles. The standard InChI is InChI=1S/C12H14BrNO2S/c1-7-4-10(17-11(7)13)12(15)14-5-8-2-3-9(6-14)16-8/h4,8-9H,2-3,5-6H2,1H3. The van der Waals surface area contributed by atoms with Crippen LogP contribution in [0.15, 0.2) is 9.85 Å². The number of nitrogens with zero attached hydrogens (tertiary/aromatic N) is 1. The minimum atomic E-state index is 0.156. The third kappa shape index (κ3) is 2.16. The monoisotopic (exact) mass is 315 g/mol. The Hall–Kier alpha value is -0.390. The molecule has 2 aliphatic heterocycles. The maximum atomic E-state index is 12.3. The number of ether oxygens (including phenoxy) is 1. The number of carbonyl (C=O) groups excluding carboxylic acids is 1. The summed E-state index contributed by atoms with van der Waals surface area (Å²) < 4.78 is 6.80. The first kappa shape index (κ1) is 11.7. The summed E-state index contributed by atoms with van der Waals surface area (Å²) in [7, 11) is 0. The lowest BCUT2D eigenvalue weighted by molar-refractivity contribution is -0.0302. The molecule has 2 fully saturated rings. The second-order valence-electron chi connectivity index (χ2n) is 4.73. The highest BCUT2D eigenvalue weighted by molar-refractivity contribution is 9.11. The Morgan fingerprint density at radius 3 is 2.65 bits per heavy atom. The van der Waals surface area contributed by atoms with Gasteiger partial charge in [0.15, 0.2) is 0 Å². The molecule has 2 bridgehead atoms. The largest absolute Gasteiger partial charge is 0.371 e. The summed E-state index contributed by atoms with van der Waals surface area (Å²) in [6.07, 6.45) is 2.73. The van der Waals surface area contributed by atoms with E-state index in [0.717, 1.165) is 40.2 Å². The lowest BCUT2D eigenvalue weighted by atomic mass is 10.2. The minimum Gasteiger partial charge on any atom is -0.371 e. The first-order chi connectivity index (χ1) is 8.13. The molecule has 5 heteroatoms. The fourth-order valence-electron chi connectivity index (χ4n) is 2.50. The molecule has 2 saturated heterocycles. The number of thiophene rings is 1. The van der Waals surface area contributed by atoms with E-state index in [0.29, 0.717) is 0 Å². The number of fused-ring (bicyclic) bond motifs is 2. The van der Waals surface area contributed by atoms with E-state index in [1.165, 1.54) is 11.3 Å². The number of carbonyl (C=O) groups is 1. The summed E-state index contributed by atoms with van der Waals surface area (Å²) in [4.78, 5) is 15.1. The first-order valence-electron chi connectivity index (χ1n) is 5.84. The Balaban J connectivity index is 1.78. The van der Waals surface area contributed by atoms with Crippen LogP contribution in [0.1, 0.15) is 28.1 Å². The molecule has 0 radical (unpaired) electrons. The van der Waals surface area contributed by atoms with Crippen molar-refractivity contribution in [1.82, 2.24) is 4.90 Å². The molecule has 0 N–H and O–H groups in total. The van der Waals surface area contributed by atoms with E-state index in [4.69, 9.17) is 4.74 Å². The highest BCUT2D eigenvalue weighted by Crippen LogP contribution is 2.31. The molecule has 1 amide bonds. The molecule has 1 aromatic rings. The lowest BCUT2D eigenvalue weighted by Gasteiger charge is -2.31. The fraction of sp³-hybridized carbons (Fsp3) is 0.583. The van der Waals surface area contributed by atoms with Gasteiger partial charge in [0.1, 0.15) is 0 Å². The number of hydrogen-bond donors (Lipinski definition) is 0. The zero-order valence-electron chi connectivity index (χ0n) is 9.61. The Bertz CT molecular complexity index is 428. The van der Waals surface area contributed by atoms with Crippen molar-refractivity contribution in [3.8, 4) is 0 Å². The van der Waals surface area contributed by atoms with Crippen molar-refractivity contribution >= 4 is 33.2 Å². The molecule has 2 unspecified atom stereocenters. The lowest BCUT2D eigenvalue weighted by Crippen LogP contribution is -2.45. The van der Waals surface area contributed by atoms with Crippen molar-refractivity contribution in [3.63, 3.8) is 0 Å². The minimum absolute atomic E-state index is 0.156. The molecule has 2 aliphatic rings. The highest BCUT2D eigenvalue weighted by Gasteiger charge is 2.36. The van der Waals surface area contributed by atoms with Gasteiger partial charge in [-0.25, -0.2) is 0 Å². The van der Waals surface area contributed by atoms with E-state index in [9.17, 15) is 4.79 Å². The third-order valence-corrected chi connectivity index (χ3v) is 5.52. The summed E-state index contributed by atoms with van der Waals surface area (Å²) in [5.41, 5.74) is 1.13. The predicted molar refractivity (Wildman–Crippen MR) is 70.6 cm³/mol. The van der Waals surface area contributed by atoms with Crippen LogP contribution < -0.4 is 0 Å². The number of likely N-dealkylation sites (tertiary alicyclic amines) is 1. The van der Waals surface area contributed by atoms with Crippen molar-refractivity contribution < 1.29 is 9.53 Å². The molecule has 0 saturated carbocycles. The van der Waals surface area contributed by atoms with E-state index in [2.05, 4.69) is 15.9 Å². The maximum absolute atomic E-state index is 12.3. The van der Waals surface area contributed by atoms with Gasteiger partial charge in [0.05, 0.1) is 20.9 Å². The van der Waals surface area contributed by atoms with Crippen LogP contribution in [0.3, 0.4) is 0 Å². The fourth-order valence-corrected chi connectivity index (χ4v) is 4.00. The zero-order chi connectivity index (χ0) is 12.0. The molecule has 0 spiro atoms. The molecule has 92 valence electrons. The van der Waals surface area contributed by atoms with Crippen LogP contribution in [0.4, 0.5) is 0 Å². The maximum Gasteiger partial charge on any atom is 0.264 e. The average Bonchev–Trinajstić information content (AvgIpc) is 2.82. The molecule has 3 rings (SSSR count). The predicted octanol–water partition coefficient (Wildman–Crippen LogP) is 2.82. The SMILES string of the molecule is Cc1cc(C(=O)N2CC3CCC(C2)O3)sc1Br. The Labute approximate surface area is 113 Å². The van der Waals surface area contributed by atoms with Gasteiger partial charge in [-0.3, -0.25) is 4.79 Å². The number of halogens is 1. The second kappa shape index (κ2) is 4.37. The van der Waals surface area contributed by atoms with Crippen molar-refractivity contribution in [3.05, 3.63) is 20.3 Å². The first-order valence-corrected chi connectivity index (χ1v) is 7.45. The molecule has 3 nitrogen and oxygen atoms in total. The average molecular weight is 316 g/mol. The zero-order valence-corrected chi connectivity index (χ0v) is 12.0. The molecule has 17 heavy (non-hydrogen) atoms. The smallest absolute Gasteiger partial charge is 0.264 e. The Morgan fingerprint density at radius 2 is 2.12 bits per heavy atom. The number of rotatable bonds is 1. The van der Waals surface area contributed by atoms with Crippen LogP contribution in [0.2, 0.25) is 0 Å². The second-order valence-corrected chi connectivity index (χ2v) is 7.11. The number of morpholine rings is 1. The van der Waals surface area contributed by atoms with E-state index in [1.807, 2.05) is 17.9 Å². The van der Waals surface area contributed by atoms with Crippen LogP contribution >= 0.6 is 27.3 Å². The molecular formula is C12H14BrNO2S. The normalized spacial score (nSPS) is 27.5. The van der Waals surface area contributed by atoms with Crippen molar-refractivity contribution in [2.75, 3.05) is 13.1 Å². The molecule has 0 aromatic carbocycles. The Kier molecular flexibility index (Phi) is 3.00. The quantitative estimate of drug-likeness (QED) is 0.797. The van der Waals surface area contributed by atoms with E-state index in [-0.39, 0.29) is 18.1 Å². The van der Waals surface area contributed by atoms with Gasteiger partial charge in [0, 0.05) is 13.1 Å². The summed E-state index contributed by atoms with van der Waals surface area (Å²) in [6.45, 7) is 3.52. The molecule has 3 heterocycles. The van der Waals surface area contributed by atoms with E-state index in [1.54, 1.807) is 0 Å². The number of amides is 1. The summed E-state index contributed by atoms with van der Waals surface area (Å²) in [6, 6.07) is 1.97. The van der Waals surface area contributed by atoms with Crippen LogP contribution in [0.25, 0.3) is 0 Å².